The molecule has 1 saturated carbocycles. The van der Waals surface area contributed by atoms with Crippen LogP contribution in [0.2, 0.25) is 0 Å². The third-order valence-electron chi connectivity index (χ3n) is 10.6. The minimum atomic E-state index is -2.39. The Bertz CT molecular complexity index is 3010. The summed E-state index contributed by atoms with van der Waals surface area (Å²) in [5.74, 6) is -0.553. The summed E-state index contributed by atoms with van der Waals surface area (Å²) >= 11 is 0. The van der Waals surface area contributed by atoms with E-state index in [1.807, 2.05) is 42.5 Å². The van der Waals surface area contributed by atoms with E-state index >= 15 is 0 Å². The average Bonchev–Trinajstić information content (AvgIpc) is 3.68. The molecule has 4 heteroatoms. The van der Waals surface area contributed by atoms with Gasteiger partial charge in [-0.1, -0.05) is 106 Å². The molecule has 9 rings (SSSR count). The number of pyridine rings is 2. The van der Waals surface area contributed by atoms with Crippen LogP contribution in [0.5, 0.6) is 0 Å². The Labute approximate surface area is 363 Å². The summed E-state index contributed by atoms with van der Waals surface area (Å²) in [6, 6.07) is 38.7. The zero-order chi connectivity index (χ0) is 49.0. The SMILES string of the molecule is [2H]C([2H])([2H])c1c[c-]c(-c2ccc(C([2H])([2H])[2H])cn2)cc1.[2H]C([2H])([2H])c1ccnc(-c2cccc3c2oc2c(-c4ccc(-c5ccc(C6([2H])CCC(C)(C)CC6)cc5)cc4)c(C([2H])([2H])[2H])ccc23)c1.[Ir]. The number of fused-ring (bicyclic) bond motifs is 3. The van der Waals surface area contributed by atoms with Gasteiger partial charge in [-0.05, 0) is 120 Å². The summed E-state index contributed by atoms with van der Waals surface area (Å²) < 4.78 is 108. The Morgan fingerprint density at radius 1 is 0.679 bits per heavy atom. The molecule has 3 nitrogen and oxygen atoms in total. The fourth-order valence-electron chi connectivity index (χ4n) is 7.31. The van der Waals surface area contributed by atoms with Crippen LogP contribution < -0.4 is 0 Å². The summed E-state index contributed by atoms with van der Waals surface area (Å²) in [5, 5.41) is 1.55. The first-order valence-electron chi connectivity index (χ1n) is 25.0. The number of hydrogen-bond acceptors (Lipinski definition) is 3. The van der Waals surface area contributed by atoms with E-state index in [0.29, 0.717) is 50.2 Å². The number of benzene rings is 5. The summed E-state index contributed by atoms with van der Waals surface area (Å²) in [7, 11) is 0. The third kappa shape index (κ3) is 8.33. The number of rotatable bonds is 5. The second-order valence-corrected chi connectivity index (χ2v) is 14.9. The van der Waals surface area contributed by atoms with Gasteiger partial charge in [0.25, 0.3) is 0 Å². The summed E-state index contributed by atoms with van der Waals surface area (Å²) in [5.41, 5.74) is 8.54. The molecule has 1 aliphatic carbocycles. The van der Waals surface area contributed by atoms with E-state index in [-0.39, 0.29) is 42.4 Å². The quantitative estimate of drug-likeness (QED) is 0.161. The fourth-order valence-corrected chi connectivity index (χ4v) is 7.31. The van der Waals surface area contributed by atoms with E-state index in [9.17, 15) is 0 Å². The van der Waals surface area contributed by atoms with Crippen molar-refractivity contribution in [3.8, 4) is 44.8 Å². The summed E-state index contributed by atoms with van der Waals surface area (Å²) in [6.45, 7) is -4.45. The van der Waals surface area contributed by atoms with Crippen LogP contribution in [-0.4, -0.2) is 9.97 Å². The van der Waals surface area contributed by atoms with Crippen LogP contribution in [-0.2, 0) is 20.1 Å². The summed E-state index contributed by atoms with van der Waals surface area (Å²) in [4.78, 5) is 8.53. The van der Waals surface area contributed by atoms with E-state index in [0.717, 1.165) is 53.1 Å². The van der Waals surface area contributed by atoms with Crippen molar-refractivity contribution in [1.82, 2.24) is 9.97 Å². The van der Waals surface area contributed by atoms with Crippen molar-refractivity contribution in [2.24, 2.45) is 5.41 Å². The van der Waals surface area contributed by atoms with Crippen molar-refractivity contribution >= 4 is 21.9 Å². The van der Waals surface area contributed by atoms with Gasteiger partial charge in [-0.2, -0.15) is 0 Å². The Hall–Kier alpha value is -5.15. The van der Waals surface area contributed by atoms with E-state index in [4.69, 9.17) is 22.2 Å². The molecule has 1 radical (unpaired) electrons. The molecule has 0 amide bonds. The van der Waals surface area contributed by atoms with Crippen molar-refractivity contribution in [3.63, 3.8) is 0 Å². The van der Waals surface area contributed by atoms with Gasteiger partial charge in [0.2, 0.25) is 0 Å². The molecule has 0 atom stereocenters. The molecule has 1 fully saturated rings. The van der Waals surface area contributed by atoms with Crippen LogP contribution in [0.15, 0.2) is 138 Å². The number of nitrogens with zero attached hydrogens (tertiary/aromatic N) is 2. The average molecular weight is 923 g/mol. The Morgan fingerprint density at radius 3 is 2.07 bits per heavy atom. The predicted octanol–water partition coefficient (Wildman–Crippen LogP) is 14.4. The molecular formula is C52H49IrN2O-. The molecule has 283 valence electrons. The van der Waals surface area contributed by atoms with Crippen LogP contribution in [0.1, 0.15) is 91.1 Å². The number of furan rings is 1. The van der Waals surface area contributed by atoms with Gasteiger partial charge < -0.3 is 9.40 Å². The fraction of sp³-hybridized carbons (Fsp3) is 0.231. The maximum Gasteiger partial charge on any atom is 0.144 e. The maximum atomic E-state index is 9.13. The Kier molecular flexibility index (Phi) is 7.64. The molecule has 0 spiro atoms. The first kappa shape index (κ1) is 25.9. The number of para-hydroxylation sites is 1. The van der Waals surface area contributed by atoms with Crippen LogP contribution in [0.25, 0.3) is 66.7 Å². The van der Waals surface area contributed by atoms with Crippen LogP contribution in [0.4, 0.5) is 0 Å². The second-order valence-electron chi connectivity index (χ2n) is 14.9. The standard InChI is InChI=1S/C39H37NO.C13H12N.Ir/c1-25-20-23-40-35(24-25)34-7-5-6-32-33-17-8-26(2)36(38(33)41-37(32)34)31-15-13-28(14-16-31)27-9-11-29(12-10-27)30-18-21-39(3,4)22-19-30;1-10-3-6-12(7-4-10)13-8-5-11(2)9-14-13;/h5-17,20,23-24,30H,18-19,21-22H2,1-4H3;3-6,8-9H,1-2H3;/q;-1;/i1D3,2D3,30D;1D3,2D3;. The normalized spacial score (nSPS) is 18.8. The Morgan fingerprint density at radius 2 is 1.39 bits per heavy atom. The molecule has 56 heavy (non-hydrogen) atoms. The van der Waals surface area contributed by atoms with Crippen LogP contribution in [0.3, 0.4) is 0 Å². The molecule has 8 aromatic rings. The van der Waals surface area contributed by atoms with Crippen molar-refractivity contribution in [2.75, 3.05) is 0 Å². The van der Waals surface area contributed by atoms with Gasteiger partial charge in [-0.3, -0.25) is 4.98 Å². The molecule has 5 aromatic carbocycles. The molecule has 0 aliphatic heterocycles. The van der Waals surface area contributed by atoms with Gasteiger partial charge in [0.1, 0.15) is 11.2 Å². The molecule has 3 heterocycles. The number of aromatic nitrogens is 2. The van der Waals surface area contributed by atoms with E-state index in [1.165, 1.54) is 36.7 Å². The van der Waals surface area contributed by atoms with Gasteiger partial charge in [-0.15, -0.1) is 35.4 Å². The molecule has 0 N–H and O–H groups in total. The largest absolute Gasteiger partial charge is 0.455 e. The predicted molar refractivity (Wildman–Crippen MR) is 230 cm³/mol. The minimum absolute atomic E-state index is 0. The molecule has 0 unspecified atom stereocenters. The van der Waals surface area contributed by atoms with Crippen molar-refractivity contribution in [3.05, 3.63) is 168 Å². The van der Waals surface area contributed by atoms with Gasteiger partial charge in [-0.25, -0.2) is 0 Å². The van der Waals surface area contributed by atoms with Crippen molar-refractivity contribution < 1.29 is 42.3 Å². The third-order valence-corrected chi connectivity index (χ3v) is 10.6. The van der Waals surface area contributed by atoms with Gasteiger partial charge >= 0.3 is 0 Å². The summed E-state index contributed by atoms with van der Waals surface area (Å²) in [6.07, 6.45) is 6.60. The zero-order valence-electron chi connectivity index (χ0n) is 44.2. The topological polar surface area (TPSA) is 38.9 Å². The first-order chi connectivity index (χ1) is 31.8. The van der Waals surface area contributed by atoms with Gasteiger partial charge in [0, 0.05) is 72.2 Å². The van der Waals surface area contributed by atoms with Crippen LogP contribution >= 0.6 is 0 Å². The molecule has 0 bridgehead atoms. The van der Waals surface area contributed by atoms with Crippen LogP contribution in [0, 0.1) is 38.9 Å². The number of hydrogen-bond donors (Lipinski definition) is 0. The smallest absolute Gasteiger partial charge is 0.144 e. The van der Waals surface area contributed by atoms with Crippen molar-refractivity contribution in [1.29, 1.82) is 0 Å². The molecular weight excluding hydrogens is 861 g/mol. The van der Waals surface area contributed by atoms with Gasteiger partial charge in [0.15, 0.2) is 0 Å². The zero-order valence-corrected chi connectivity index (χ0v) is 33.6. The monoisotopic (exact) mass is 923 g/mol. The first-order valence-corrected chi connectivity index (χ1v) is 18.5. The minimum Gasteiger partial charge on any atom is -0.455 e. The second kappa shape index (κ2) is 16.5. The Balaban J connectivity index is 0.000000281. The van der Waals surface area contributed by atoms with E-state index < -0.39 is 33.3 Å². The molecule has 3 aromatic heterocycles. The molecule has 0 saturated heterocycles. The number of aryl methyl sites for hydroxylation is 4. The van der Waals surface area contributed by atoms with E-state index in [2.05, 4.69) is 54.1 Å². The van der Waals surface area contributed by atoms with Gasteiger partial charge in [0.05, 0.1) is 5.69 Å². The van der Waals surface area contributed by atoms with E-state index in [1.54, 1.807) is 30.3 Å². The van der Waals surface area contributed by atoms with Crippen molar-refractivity contribution in [2.45, 2.75) is 72.8 Å². The maximum absolute atomic E-state index is 9.13. The molecule has 1 aliphatic rings.